The van der Waals surface area contributed by atoms with Gasteiger partial charge in [0, 0.05) is 30.5 Å². The largest absolute Gasteiger partial charge is 0.481 e. The van der Waals surface area contributed by atoms with Gasteiger partial charge >= 0.3 is 0 Å². The fourth-order valence-corrected chi connectivity index (χ4v) is 2.38. The highest BCUT2D eigenvalue weighted by Gasteiger charge is 2.16. The Labute approximate surface area is 109 Å². The van der Waals surface area contributed by atoms with Crippen molar-refractivity contribution in [1.82, 2.24) is 9.88 Å². The standard InChI is InChI=1S/C14H23N3O/c1-12(17-8-4-3-5-9-17)11-16-13-6-7-15-14(10-13)18-2/h6-7,10,12H,3-5,8-9,11H2,1-2H3,(H,15,16). The predicted octanol–water partition coefficient (Wildman–Crippen LogP) is 2.38. The van der Waals surface area contributed by atoms with Gasteiger partial charge in [0.2, 0.25) is 5.88 Å². The first-order valence-corrected chi connectivity index (χ1v) is 6.77. The summed E-state index contributed by atoms with van der Waals surface area (Å²) in [4.78, 5) is 6.67. The zero-order chi connectivity index (χ0) is 12.8. The highest BCUT2D eigenvalue weighted by Crippen LogP contribution is 2.15. The summed E-state index contributed by atoms with van der Waals surface area (Å²) in [7, 11) is 1.64. The highest BCUT2D eigenvalue weighted by atomic mass is 16.5. The summed E-state index contributed by atoms with van der Waals surface area (Å²) in [5.41, 5.74) is 1.07. The van der Waals surface area contributed by atoms with Crippen molar-refractivity contribution >= 4 is 5.69 Å². The molecule has 0 saturated carbocycles. The number of likely N-dealkylation sites (tertiary alicyclic amines) is 1. The van der Waals surface area contributed by atoms with Crippen molar-refractivity contribution in [3.05, 3.63) is 18.3 Å². The number of hydrogen-bond donors (Lipinski definition) is 1. The molecule has 0 aliphatic carbocycles. The quantitative estimate of drug-likeness (QED) is 0.869. The maximum absolute atomic E-state index is 5.12. The Morgan fingerprint density at radius 3 is 2.89 bits per heavy atom. The molecule has 1 N–H and O–H groups in total. The third kappa shape index (κ3) is 3.60. The SMILES string of the molecule is COc1cc(NCC(C)N2CCCCC2)ccn1. The van der Waals surface area contributed by atoms with Crippen LogP contribution in [0.2, 0.25) is 0 Å². The minimum atomic E-state index is 0.574. The van der Waals surface area contributed by atoms with E-state index in [1.807, 2.05) is 12.1 Å². The minimum Gasteiger partial charge on any atom is -0.481 e. The predicted molar refractivity (Wildman–Crippen MR) is 74.2 cm³/mol. The van der Waals surface area contributed by atoms with Crippen molar-refractivity contribution in [1.29, 1.82) is 0 Å². The molecule has 1 aromatic rings. The van der Waals surface area contributed by atoms with Gasteiger partial charge in [-0.1, -0.05) is 6.42 Å². The molecule has 4 nitrogen and oxygen atoms in total. The average Bonchev–Trinajstić information content (AvgIpc) is 2.46. The molecule has 4 heteroatoms. The summed E-state index contributed by atoms with van der Waals surface area (Å²) in [6, 6.07) is 4.48. The number of rotatable bonds is 5. The molecular formula is C14H23N3O. The van der Waals surface area contributed by atoms with Crippen LogP contribution in [0.5, 0.6) is 5.88 Å². The molecule has 1 atom stereocenters. The van der Waals surface area contributed by atoms with Gasteiger partial charge in [-0.25, -0.2) is 4.98 Å². The van der Waals surface area contributed by atoms with E-state index in [1.165, 1.54) is 32.4 Å². The van der Waals surface area contributed by atoms with Crippen LogP contribution in [-0.4, -0.2) is 42.7 Å². The van der Waals surface area contributed by atoms with E-state index in [-0.39, 0.29) is 0 Å². The maximum atomic E-state index is 5.12. The zero-order valence-electron chi connectivity index (χ0n) is 11.4. The molecule has 100 valence electrons. The number of methoxy groups -OCH3 is 1. The molecule has 18 heavy (non-hydrogen) atoms. The molecule has 2 rings (SSSR count). The molecule has 1 aromatic heterocycles. The number of hydrogen-bond acceptors (Lipinski definition) is 4. The number of pyridine rings is 1. The third-order valence-electron chi connectivity index (χ3n) is 3.56. The number of ether oxygens (including phenoxy) is 1. The Balaban J connectivity index is 1.82. The molecule has 0 amide bonds. The molecule has 0 bridgehead atoms. The van der Waals surface area contributed by atoms with Gasteiger partial charge in [-0.15, -0.1) is 0 Å². The molecule has 0 aromatic carbocycles. The monoisotopic (exact) mass is 249 g/mol. The normalized spacial score (nSPS) is 18.3. The van der Waals surface area contributed by atoms with Gasteiger partial charge < -0.3 is 10.1 Å². The molecule has 1 aliphatic rings. The van der Waals surface area contributed by atoms with Crippen molar-refractivity contribution in [2.24, 2.45) is 0 Å². The van der Waals surface area contributed by atoms with Gasteiger partial charge in [0.15, 0.2) is 0 Å². The van der Waals surface area contributed by atoms with E-state index in [2.05, 4.69) is 22.1 Å². The Morgan fingerprint density at radius 1 is 1.39 bits per heavy atom. The maximum Gasteiger partial charge on any atom is 0.214 e. The minimum absolute atomic E-state index is 0.574. The number of nitrogens with zero attached hydrogens (tertiary/aromatic N) is 2. The molecular weight excluding hydrogens is 226 g/mol. The van der Waals surface area contributed by atoms with Gasteiger partial charge in [0.1, 0.15) is 0 Å². The lowest BCUT2D eigenvalue weighted by molar-refractivity contribution is 0.180. The number of aromatic nitrogens is 1. The summed E-state index contributed by atoms with van der Waals surface area (Å²) in [6.07, 6.45) is 5.84. The highest BCUT2D eigenvalue weighted by molar-refractivity contribution is 5.45. The van der Waals surface area contributed by atoms with Crippen LogP contribution in [0.3, 0.4) is 0 Å². The summed E-state index contributed by atoms with van der Waals surface area (Å²) in [6.45, 7) is 5.73. The van der Waals surface area contributed by atoms with E-state index >= 15 is 0 Å². The summed E-state index contributed by atoms with van der Waals surface area (Å²) in [5.74, 6) is 0.658. The smallest absolute Gasteiger partial charge is 0.214 e. The molecule has 1 saturated heterocycles. The van der Waals surface area contributed by atoms with Gasteiger partial charge in [-0.2, -0.15) is 0 Å². The van der Waals surface area contributed by atoms with Crippen molar-refractivity contribution in [2.45, 2.75) is 32.2 Å². The topological polar surface area (TPSA) is 37.4 Å². The Morgan fingerprint density at radius 2 is 2.17 bits per heavy atom. The van der Waals surface area contributed by atoms with Gasteiger partial charge in [0.05, 0.1) is 7.11 Å². The lowest BCUT2D eigenvalue weighted by atomic mass is 10.1. The molecule has 0 radical (unpaired) electrons. The van der Waals surface area contributed by atoms with Crippen LogP contribution in [0.4, 0.5) is 5.69 Å². The van der Waals surface area contributed by atoms with Crippen LogP contribution >= 0.6 is 0 Å². The van der Waals surface area contributed by atoms with Crippen LogP contribution in [0, 0.1) is 0 Å². The second kappa shape index (κ2) is 6.59. The van der Waals surface area contributed by atoms with Crippen LogP contribution < -0.4 is 10.1 Å². The van der Waals surface area contributed by atoms with Crippen LogP contribution in [-0.2, 0) is 0 Å². The van der Waals surface area contributed by atoms with Gasteiger partial charge in [-0.3, -0.25) is 4.90 Å². The van der Waals surface area contributed by atoms with Crippen LogP contribution in [0.1, 0.15) is 26.2 Å². The van der Waals surface area contributed by atoms with E-state index in [4.69, 9.17) is 4.74 Å². The number of piperidine rings is 1. The molecule has 1 fully saturated rings. The van der Waals surface area contributed by atoms with Gasteiger partial charge in [-0.05, 0) is 38.9 Å². The Kier molecular flexibility index (Phi) is 4.81. The first-order valence-electron chi connectivity index (χ1n) is 6.77. The van der Waals surface area contributed by atoms with Crippen LogP contribution in [0.15, 0.2) is 18.3 Å². The molecule has 1 unspecified atom stereocenters. The lowest BCUT2D eigenvalue weighted by Gasteiger charge is -2.32. The van der Waals surface area contributed by atoms with E-state index in [1.54, 1.807) is 13.3 Å². The zero-order valence-corrected chi connectivity index (χ0v) is 11.4. The van der Waals surface area contributed by atoms with Crippen molar-refractivity contribution in [3.8, 4) is 5.88 Å². The summed E-state index contributed by atoms with van der Waals surface area (Å²) in [5, 5.41) is 3.45. The Bertz CT molecular complexity index is 364. The van der Waals surface area contributed by atoms with E-state index in [0.717, 1.165) is 12.2 Å². The third-order valence-corrected chi connectivity index (χ3v) is 3.56. The first-order chi connectivity index (χ1) is 8.79. The second-order valence-electron chi connectivity index (χ2n) is 4.91. The lowest BCUT2D eigenvalue weighted by Crippen LogP contribution is -2.41. The van der Waals surface area contributed by atoms with Crippen LogP contribution in [0.25, 0.3) is 0 Å². The summed E-state index contributed by atoms with van der Waals surface area (Å²) >= 11 is 0. The van der Waals surface area contributed by atoms with E-state index in [9.17, 15) is 0 Å². The fraction of sp³-hybridized carbons (Fsp3) is 0.643. The first kappa shape index (κ1) is 13.1. The van der Waals surface area contributed by atoms with Crippen molar-refractivity contribution in [2.75, 3.05) is 32.1 Å². The van der Waals surface area contributed by atoms with E-state index in [0.29, 0.717) is 11.9 Å². The fourth-order valence-electron chi connectivity index (χ4n) is 2.38. The Hall–Kier alpha value is -1.29. The number of anilines is 1. The van der Waals surface area contributed by atoms with Crippen molar-refractivity contribution in [3.63, 3.8) is 0 Å². The van der Waals surface area contributed by atoms with Crippen molar-refractivity contribution < 1.29 is 4.74 Å². The van der Waals surface area contributed by atoms with Gasteiger partial charge in [0.25, 0.3) is 0 Å². The molecule has 0 spiro atoms. The molecule has 1 aliphatic heterocycles. The average molecular weight is 249 g/mol. The van der Waals surface area contributed by atoms with E-state index < -0.39 is 0 Å². The molecule has 2 heterocycles. The summed E-state index contributed by atoms with van der Waals surface area (Å²) < 4.78 is 5.12. The number of nitrogens with one attached hydrogen (secondary N) is 1. The second-order valence-corrected chi connectivity index (χ2v) is 4.91.